The van der Waals surface area contributed by atoms with Gasteiger partial charge in [-0.25, -0.2) is 0 Å². The summed E-state index contributed by atoms with van der Waals surface area (Å²) in [4.78, 5) is 0. The zero-order valence-corrected chi connectivity index (χ0v) is 9.47. The maximum atomic E-state index is 3.40. The lowest BCUT2D eigenvalue weighted by Crippen LogP contribution is -2.33. The molecule has 0 atom stereocenters. The Labute approximate surface area is 84.1 Å². The first-order valence-corrected chi connectivity index (χ1v) is 5.99. The molecule has 0 heterocycles. The van der Waals surface area contributed by atoms with E-state index in [2.05, 4.69) is 27.1 Å². The van der Waals surface area contributed by atoms with Crippen LogP contribution in [0.15, 0.2) is 0 Å². The van der Waals surface area contributed by atoms with Crippen LogP contribution >= 0.6 is 0 Å². The highest BCUT2D eigenvalue weighted by molar-refractivity contribution is 6.04. The second-order valence-electron chi connectivity index (χ2n) is 4.48. The first-order valence-electron chi connectivity index (χ1n) is 5.99. The number of hydrogen-bond acceptors (Lipinski definition) is 1. The minimum absolute atomic E-state index is 0.811. The van der Waals surface area contributed by atoms with Gasteiger partial charge in [-0.3, -0.25) is 0 Å². The van der Waals surface area contributed by atoms with Gasteiger partial charge in [0.15, 0.2) is 7.98 Å². The molecule has 0 radical (unpaired) electrons. The van der Waals surface area contributed by atoms with Gasteiger partial charge in [0, 0.05) is 0 Å². The van der Waals surface area contributed by atoms with Crippen molar-refractivity contribution in [2.75, 3.05) is 0 Å². The second-order valence-corrected chi connectivity index (χ2v) is 4.48. The summed E-state index contributed by atoms with van der Waals surface area (Å²) >= 11 is 0. The molecule has 1 aliphatic rings. The Bertz CT molecular complexity index is 126. The monoisotopic (exact) mass is 181 g/mol. The minimum Gasteiger partial charge on any atom is -0.359 e. The van der Waals surface area contributed by atoms with Crippen molar-refractivity contribution >= 4 is 7.98 Å². The van der Waals surface area contributed by atoms with Crippen LogP contribution in [0.3, 0.4) is 0 Å². The summed E-state index contributed by atoms with van der Waals surface area (Å²) in [5.41, 5.74) is 0. The Morgan fingerprint density at radius 1 is 1.15 bits per heavy atom. The zero-order valence-electron chi connectivity index (χ0n) is 9.47. The van der Waals surface area contributed by atoms with E-state index in [0.29, 0.717) is 0 Å². The summed E-state index contributed by atoms with van der Waals surface area (Å²) < 4.78 is 0. The normalized spacial score (nSPS) is 29.5. The lowest BCUT2D eigenvalue weighted by molar-refractivity contribution is 0.217. The van der Waals surface area contributed by atoms with Crippen molar-refractivity contribution in [3.05, 3.63) is 0 Å². The molecular formula is C11H24BN. The molecule has 1 rings (SSSR count). The van der Waals surface area contributed by atoms with Gasteiger partial charge < -0.3 is 5.23 Å². The number of nitrogens with one attached hydrogen (secondary N) is 1. The standard InChI is InChI=1S/C11H24BN/c1-3-9(4-2)10-5-7-11(13-12)8-6-10/h9-11,13H,3-8,12H2,1-2H3. The van der Waals surface area contributed by atoms with E-state index in [1.807, 2.05) is 0 Å². The molecule has 0 spiro atoms. The summed E-state index contributed by atoms with van der Waals surface area (Å²) in [5, 5.41) is 3.40. The molecule has 0 saturated heterocycles. The lowest BCUT2D eigenvalue weighted by atomic mass is 9.76. The molecule has 0 amide bonds. The number of rotatable bonds is 4. The fraction of sp³-hybridized carbons (Fsp3) is 1.00. The highest BCUT2D eigenvalue weighted by Gasteiger charge is 2.24. The third-order valence-corrected chi connectivity index (χ3v) is 3.90. The quantitative estimate of drug-likeness (QED) is 0.655. The Kier molecular flexibility index (Phi) is 4.86. The average molecular weight is 181 g/mol. The summed E-state index contributed by atoms with van der Waals surface area (Å²) in [7, 11) is 2.10. The SMILES string of the molecule is BNC1CCC(C(CC)CC)CC1. The van der Waals surface area contributed by atoms with Gasteiger partial charge in [-0.2, -0.15) is 0 Å². The van der Waals surface area contributed by atoms with Crippen LogP contribution in [-0.2, 0) is 0 Å². The smallest absolute Gasteiger partial charge is 0.182 e. The van der Waals surface area contributed by atoms with Crippen molar-refractivity contribution in [3.63, 3.8) is 0 Å². The van der Waals surface area contributed by atoms with Gasteiger partial charge in [-0.1, -0.05) is 26.7 Å². The first kappa shape index (κ1) is 11.1. The Balaban J connectivity index is 2.30. The van der Waals surface area contributed by atoms with Crippen LogP contribution in [-0.4, -0.2) is 14.0 Å². The van der Waals surface area contributed by atoms with Gasteiger partial charge in [0.1, 0.15) is 0 Å². The molecule has 1 N–H and O–H groups in total. The maximum Gasteiger partial charge on any atom is 0.182 e. The molecule has 1 aliphatic carbocycles. The maximum absolute atomic E-state index is 3.40. The van der Waals surface area contributed by atoms with Crippen LogP contribution in [0, 0.1) is 11.8 Å². The van der Waals surface area contributed by atoms with Gasteiger partial charge in [-0.15, -0.1) is 0 Å². The van der Waals surface area contributed by atoms with Crippen molar-refractivity contribution < 1.29 is 0 Å². The van der Waals surface area contributed by atoms with Crippen LogP contribution in [0.4, 0.5) is 0 Å². The van der Waals surface area contributed by atoms with Crippen LogP contribution in [0.5, 0.6) is 0 Å². The van der Waals surface area contributed by atoms with Crippen LogP contribution < -0.4 is 5.23 Å². The third kappa shape index (κ3) is 3.01. The van der Waals surface area contributed by atoms with E-state index in [9.17, 15) is 0 Å². The molecule has 0 aliphatic heterocycles. The molecular weight excluding hydrogens is 157 g/mol. The molecule has 0 unspecified atom stereocenters. The third-order valence-electron chi connectivity index (χ3n) is 3.90. The van der Waals surface area contributed by atoms with Crippen molar-refractivity contribution in [2.24, 2.45) is 11.8 Å². The summed E-state index contributed by atoms with van der Waals surface area (Å²) in [6.45, 7) is 4.69. The second kappa shape index (κ2) is 5.69. The topological polar surface area (TPSA) is 12.0 Å². The van der Waals surface area contributed by atoms with Gasteiger partial charge in [0.2, 0.25) is 0 Å². The average Bonchev–Trinajstić information content (AvgIpc) is 2.21. The van der Waals surface area contributed by atoms with Gasteiger partial charge >= 0.3 is 0 Å². The Morgan fingerprint density at radius 2 is 1.69 bits per heavy atom. The van der Waals surface area contributed by atoms with E-state index in [1.54, 1.807) is 0 Å². The summed E-state index contributed by atoms with van der Waals surface area (Å²) in [6.07, 6.45) is 8.47. The highest BCUT2D eigenvalue weighted by atomic mass is 14.8. The molecule has 0 aromatic rings. The van der Waals surface area contributed by atoms with Crippen molar-refractivity contribution in [2.45, 2.75) is 58.4 Å². The molecule has 2 heteroatoms. The molecule has 0 aromatic carbocycles. The van der Waals surface area contributed by atoms with Crippen molar-refractivity contribution in [1.82, 2.24) is 5.23 Å². The molecule has 0 bridgehead atoms. The minimum atomic E-state index is 0.811. The molecule has 76 valence electrons. The van der Waals surface area contributed by atoms with E-state index in [1.165, 1.54) is 38.5 Å². The Hall–Kier alpha value is 0.0249. The van der Waals surface area contributed by atoms with E-state index >= 15 is 0 Å². The van der Waals surface area contributed by atoms with Crippen LogP contribution in [0.25, 0.3) is 0 Å². The van der Waals surface area contributed by atoms with Crippen LogP contribution in [0.1, 0.15) is 52.4 Å². The zero-order chi connectivity index (χ0) is 9.68. The molecule has 1 saturated carbocycles. The van der Waals surface area contributed by atoms with E-state index in [0.717, 1.165) is 17.9 Å². The largest absolute Gasteiger partial charge is 0.359 e. The fourth-order valence-corrected chi connectivity index (χ4v) is 2.83. The van der Waals surface area contributed by atoms with Crippen molar-refractivity contribution in [3.8, 4) is 0 Å². The van der Waals surface area contributed by atoms with Gasteiger partial charge in [0.05, 0.1) is 0 Å². The summed E-state index contributed by atoms with van der Waals surface area (Å²) in [6, 6.07) is 0.811. The fourth-order valence-electron chi connectivity index (χ4n) is 2.83. The predicted molar refractivity (Wildman–Crippen MR) is 61.5 cm³/mol. The summed E-state index contributed by atoms with van der Waals surface area (Å²) in [5.74, 6) is 2.03. The van der Waals surface area contributed by atoms with E-state index < -0.39 is 0 Å². The van der Waals surface area contributed by atoms with Gasteiger partial charge in [-0.05, 0) is 43.6 Å². The molecule has 0 aromatic heterocycles. The van der Waals surface area contributed by atoms with Crippen LogP contribution in [0.2, 0.25) is 0 Å². The first-order chi connectivity index (χ1) is 6.31. The van der Waals surface area contributed by atoms with E-state index in [4.69, 9.17) is 0 Å². The molecule has 1 nitrogen and oxygen atoms in total. The van der Waals surface area contributed by atoms with Gasteiger partial charge in [0.25, 0.3) is 0 Å². The van der Waals surface area contributed by atoms with Crippen molar-refractivity contribution in [1.29, 1.82) is 0 Å². The lowest BCUT2D eigenvalue weighted by Gasteiger charge is -2.33. The molecule has 13 heavy (non-hydrogen) atoms. The number of hydrogen-bond donors (Lipinski definition) is 1. The Morgan fingerprint density at radius 3 is 2.08 bits per heavy atom. The van der Waals surface area contributed by atoms with E-state index in [-0.39, 0.29) is 0 Å². The predicted octanol–water partition coefficient (Wildman–Crippen LogP) is 2.12. The molecule has 1 fully saturated rings. The highest BCUT2D eigenvalue weighted by Crippen LogP contribution is 2.33.